The molecule has 1 aromatic carbocycles. The number of halogens is 3. The van der Waals surface area contributed by atoms with Crippen molar-refractivity contribution in [1.29, 1.82) is 0 Å². The van der Waals surface area contributed by atoms with Crippen LogP contribution in [-0.4, -0.2) is 12.0 Å². The van der Waals surface area contributed by atoms with Crippen molar-refractivity contribution in [3.05, 3.63) is 41.5 Å². The summed E-state index contributed by atoms with van der Waals surface area (Å²) >= 11 is 0. The number of carbonyl (C=O) groups excluding carboxylic acids is 1. The normalized spacial score (nSPS) is 12.6. The summed E-state index contributed by atoms with van der Waals surface area (Å²) in [6.45, 7) is 1.58. The van der Waals surface area contributed by atoms with Gasteiger partial charge in [0.1, 0.15) is 0 Å². The molecule has 0 unspecified atom stereocenters. The Labute approximate surface area is 90.0 Å². The summed E-state index contributed by atoms with van der Waals surface area (Å²) in [7, 11) is 0. The maximum absolute atomic E-state index is 11.9. The number of hydrogen-bond donors (Lipinski definition) is 0. The molecule has 2 nitrogen and oxygen atoms in total. The standard InChI is InChI=1S/C11H9F3O2/c1-7-4-2-3-5-8(7)9(15)6-10(16)11(12,13)14/h2-6,15H,1H3/p-1. The maximum atomic E-state index is 11.9. The Hall–Kier alpha value is -1.78. The summed E-state index contributed by atoms with van der Waals surface area (Å²) in [4.78, 5) is 10.6. The molecular formula is C11H8F3O2-. The molecule has 0 spiro atoms. The predicted molar refractivity (Wildman–Crippen MR) is 50.2 cm³/mol. The zero-order chi connectivity index (χ0) is 12.3. The third-order valence-electron chi connectivity index (χ3n) is 1.95. The largest absolute Gasteiger partial charge is 0.872 e. The monoisotopic (exact) mass is 229 g/mol. The highest BCUT2D eigenvalue weighted by Crippen LogP contribution is 2.20. The van der Waals surface area contributed by atoms with Crippen molar-refractivity contribution < 1.29 is 23.1 Å². The molecule has 0 atom stereocenters. The van der Waals surface area contributed by atoms with Crippen LogP contribution in [0.15, 0.2) is 30.3 Å². The topological polar surface area (TPSA) is 40.1 Å². The van der Waals surface area contributed by atoms with Gasteiger partial charge in [-0.3, -0.25) is 4.79 Å². The van der Waals surface area contributed by atoms with Crippen LogP contribution in [0, 0.1) is 6.92 Å². The van der Waals surface area contributed by atoms with Gasteiger partial charge < -0.3 is 5.11 Å². The van der Waals surface area contributed by atoms with E-state index in [1.807, 2.05) is 0 Å². The zero-order valence-electron chi connectivity index (χ0n) is 8.34. The summed E-state index contributed by atoms with van der Waals surface area (Å²) in [5.41, 5.74) is 0.624. The first-order chi connectivity index (χ1) is 7.32. The van der Waals surface area contributed by atoms with Crippen molar-refractivity contribution in [3.63, 3.8) is 0 Å². The molecule has 0 bridgehead atoms. The van der Waals surface area contributed by atoms with Crippen molar-refractivity contribution in [3.8, 4) is 0 Å². The second-order valence-electron chi connectivity index (χ2n) is 3.19. The van der Waals surface area contributed by atoms with E-state index in [-0.39, 0.29) is 11.6 Å². The fourth-order valence-electron chi connectivity index (χ4n) is 1.13. The van der Waals surface area contributed by atoms with E-state index in [0.29, 0.717) is 5.56 Å². The number of ketones is 1. The van der Waals surface area contributed by atoms with Crippen LogP contribution >= 0.6 is 0 Å². The van der Waals surface area contributed by atoms with Gasteiger partial charge >= 0.3 is 6.18 Å². The average Bonchev–Trinajstić information content (AvgIpc) is 2.16. The molecule has 0 saturated heterocycles. The van der Waals surface area contributed by atoms with Gasteiger partial charge in [-0.1, -0.05) is 30.0 Å². The molecule has 0 aliphatic rings. The molecule has 16 heavy (non-hydrogen) atoms. The van der Waals surface area contributed by atoms with Gasteiger partial charge in [0.2, 0.25) is 0 Å². The number of allylic oxidation sites excluding steroid dienone is 1. The quantitative estimate of drug-likeness (QED) is 0.573. The molecule has 0 N–H and O–H groups in total. The smallest absolute Gasteiger partial charge is 0.454 e. The van der Waals surface area contributed by atoms with Crippen LogP contribution in [0.5, 0.6) is 0 Å². The molecule has 0 aromatic heterocycles. The molecule has 0 heterocycles. The van der Waals surface area contributed by atoms with Crippen LogP contribution in [0.4, 0.5) is 13.2 Å². The minimum Gasteiger partial charge on any atom is -0.872 e. The highest BCUT2D eigenvalue weighted by atomic mass is 19.4. The fourth-order valence-corrected chi connectivity index (χ4v) is 1.13. The molecule has 86 valence electrons. The van der Waals surface area contributed by atoms with Gasteiger partial charge in [-0.25, -0.2) is 0 Å². The van der Waals surface area contributed by atoms with Crippen LogP contribution in [0.2, 0.25) is 0 Å². The van der Waals surface area contributed by atoms with Crippen molar-refractivity contribution in [1.82, 2.24) is 0 Å². The van der Waals surface area contributed by atoms with Crippen molar-refractivity contribution in [2.24, 2.45) is 0 Å². The first-order valence-corrected chi connectivity index (χ1v) is 4.38. The van der Waals surface area contributed by atoms with Crippen molar-refractivity contribution >= 4 is 11.5 Å². The van der Waals surface area contributed by atoms with E-state index in [2.05, 4.69) is 0 Å². The van der Waals surface area contributed by atoms with E-state index < -0.39 is 17.7 Å². The molecule has 0 fully saturated rings. The molecule has 1 rings (SSSR count). The zero-order valence-corrected chi connectivity index (χ0v) is 8.34. The predicted octanol–water partition coefficient (Wildman–Crippen LogP) is 1.83. The van der Waals surface area contributed by atoms with E-state index in [0.717, 1.165) is 0 Å². The molecule has 1 aromatic rings. The summed E-state index contributed by atoms with van der Waals surface area (Å²) in [5.74, 6) is -3.07. The second kappa shape index (κ2) is 4.38. The lowest BCUT2D eigenvalue weighted by atomic mass is 10.1. The Bertz CT molecular complexity index is 433. The number of alkyl halides is 3. The minimum atomic E-state index is -5.00. The Morgan fingerprint density at radius 3 is 2.38 bits per heavy atom. The Morgan fingerprint density at radius 1 is 1.31 bits per heavy atom. The van der Waals surface area contributed by atoms with Gasteiger partial charge in [-0.05, 0) is 24.1 Å². The first-order valence-electron chi connectivity index (χ1n) is 4.38. The molecule has 0 radical (unpaired) electrons. The van der Waals surface area contributed by atoms with E-state index in [1.165, 1.54) is 12.1 Å². The Balaban J connectivity index is 3.04. The van der Waals surface area contributed by atoms with Crippen LogP contribution in [0.25, 0.3) is 5.76 Å². The number of aryl methyl sites for hydroxylation is 1. The Kier molecular flexibility index (Phi) is 3.37. The van der Waals surface area contributed by atoms with E-state index in [1.54, 1.807) is 19.1 Å². The fraction of sp³-hybridized carbons (Fsp3) is 0.182. The van der Waals surface area contributed by atoms with E-state index in [9.17, 15) is 23.1 Å². The minimum absolute atomic E-state index is 0.0718. The van der Waals surface area contributed by atoms with E-state index in [4.69, 9.17) is 0 Å². The van der Waals surface area contributed by atoms with E-state index >= 15 is 0 Å². The van der Waals surface area contributed by atoms with Gasteiger partial charge in [0.25, 0.3) is 5.78 Å². The highest BCUT2D eigenvalue weighted by molar-refractivity contribution is 5.99. The molecule has 0 saturated carbocycles. The number of rotatable bonds is 2. The van der Waals surface area contributed by atoms with Crippen molar-refractivity contribution in [2.75, 3.05) is 0 Å². The van der Waals surface area contributed by atoms with Crippen LogP contribution < -0.4 is 5.11 Å². The molecule has 0 aliphatic heterocycles. The van der Waals surface area contributed by atoms with Crippen LogP contribution in [0.3, 0.4) is 0 Å². The Morgan fingerprint density at radius 2 is 1.88 bits per heavy atom. The first kappa shape index (κ1) is 12.3. The molecule has 5 heteroatoms. The van der Waals surface area contributed by atoms with Crippen LogP contribution in [-0.2, 0) is 4.79 Å². The lowest BCUT2D eigenvalue weighted by Crippen LogP contribution is -2.22. The van der Waals surface area contributed by atoms with Crippen LogP contribution in [0.1, 0.15) is 11.1 Å². The SMILES string of the molecule is Cc1ccccc1C([O-])=CC(=O)C(F)(F)F. The van der Waals surface area contributed by atoms with Gasteiger partial charge in [-0.15, -0.1) is 0 Å². The van der Waals surface area contributed by atoms with Crippen molar-refractivity contribution in [2.45, 2.75) is 13.1 Å². The summed E-state index contributed by atoms with van der Waals surface area (Å²) in [6, 6.07) is 6.13. The molecular weight excluding hydrogens is 221 g/mol. The van der Waals surface area contributed by atoms with Gasteiger partial charge in [0, 0.05) is 0 Å². The number of hydrogen-bond acceptors (Lipinski definition) is 2. The summed E-state index contributed by atoms with van der Waals surface area (Å²) in [5, 5.41) is 11.3. The van der Waals surface area contributed by atoms with Gasteiger partial charge in [0.15, 0.2) is 0 Å². The maximum Gasteiger partial charge on any atom is 0.454 e. The third kappa shape index (κ3) is 2.85. The van der Waals surface area contributed by atoms with Gasteiger partial charge in [0.05, 0.1) is 0 Å². The molecule has 0 amide bonds. The lowest BCUT2D eigenvalue weighted by Gasteiger charge is -2.14. The number of carbonyl (C=O) groups is 1. The molecule has 0 aliphatic carbocycles. The average molecular weight is 229 g/mol. The number of benzene rings is 1. The summed E-state index contributed by atoms with van der Waals surface area (Å²) < 4.78 is 35.7. The second-order valence-corrected chi connectivity index (χ2v) is 3.19. The lowest BCUT2D eigenvalue weighted by molar-refractivity contribution is -0.244. The third-order valence-corrected chi connectivity index (χ3v) is 1.95. The summed E-state index contributed by atoms with van der Waals surface area (Å²) in [6.07, 6.45) is -4.93. The van der Waals surface area contributed by atoms with Gasteiger partial charge in [-0.2, -0.15) is 13.2 Å². The highest BCUT2D eigenvalue weighted by Gasteiger charge is 2.36.